The Hall–Kier alpha value is -2.87. The molecular formula is C24H20BrCl2N3O3. The molecule has 0 unspecified atom stereocenters. The van der Waals surface area contributed by atoms with Crippen LogP contribution in [0.3, 0.4) is 0 Å². The number of hydrogen-bond acceptors (Lipinski definition) is 4. The predicted molar refractivity (Wildman–Crippen MR) is 134 cm³/mol. The van der Waals surface area contributed by atoms with Crippen molar-refractivity contribution in [3.63, 3.8) is 0 Å². The van der Waals surface area contributed by atoms with Gasteiger partial charge in [0.15, 0.2) is 0 Å². The topological polar surface area (TPSA) is 79.8 Å². The van der Waals surface area contributed by atoms with E-state index < -0.39 is 11.8 Å². The summed E-state index contributed by atoms with van der Waals surface area (Å²) in [5, 5.41) is 7.50. The van der Waals surface area contributed by atoms with Crippen LogP contribution < -0.4 is 15.5 Å². The Bertz CT molecular complexity index is 1160. The molecule has 6 nitrogen and oxygen atoms in total. The van der Waals surface area contributed by atoms with Crippen LogP contribution in [-0.4, -0.2) is 24.6 Å². The molecule has 0 atom stereocenters. The van der Waals surface area contributed by atoms with Crippen molar-refractivity contribution in [1.82, 2.24) is 10.7 Å². The lowest BCUT2D eigenvalue weighted by Gasteiger charge is -2.11. The fourth-order valence-electron chi connectivity index (χ4n) is 2.80. The Morgan fingerprint density at radius 1 is 1.00 bits per heavy atom. The van der Waals surface area contributed by atoms with E-state index in [-0.39, 0.29) is 6.61 Å². The normalized spacial score (nSPS) is 10.8. The minimum Gasteiger partial charge on any atom is -0.488 e. The zero-order valence-corrected chi connectivity index (χ0v) is 20.5. The predicted octanol–water partition coefficient (Wildman–Crippen LogP) is 5.14. The van der Waals surface area contributed by atoms with E-state index in [0.29, 0.717) is 34.3 Å². The van der Waals surface area contributed by atoms with E-state index in [1.807, 2.05) is 36.4 Å². The molecule has 0 saturated carbocycles. The van der Waals surface area contributed by atoms with Gasteiger partial charge in [0, 0.05) is 32.2 Å². The molecule has 2 N–H and O–H groups in total. The van der Waals surface area contributed by atoms with E-state index in [2.05, 4.69) is 31.8 Å². The number of carbonyl (C=O) groups is 2. The fraction of sp³-hybridized carbons (Fsp3) is 0.125. The third kappa shape index (κ3) is 7.89. The average molecular weight is 549 g/mol. The summed E-state index contributed by atoms with van der Waals surface area (Å²) in [5.41, 5.74) is 4.66. The SMILES string of the molecule is O=C(NCCc1ccccc1)C(=O)N/N=C\c1cc(Br)ccc1OCc1ccc(Cl)cc1Cl. The van der Waals surface area contributed by atoms with Crippen molar-refractivity contribution in [3.8, 4) is 5.75 Å². The Morgan fingerprint density at radius 3 is 2.55 bits per heavy atom. The van der Waals surface area contributed by atoms with E-state index >= 15 is 0 Å². The van der Waals surface area contributed by atoms with E-state index in [4.69, 9.17) is 27.9 Å². The van der Waals surface area contributed by atoms with Crippen molar-refractivity contribution in [3.05, 3.63) is 97.9 Å². The summed E-state index contributed by atoms with van der Waals surface area (Å²) >= 11 is 15.5. The third-order valence-corrected chi connectivity index (χ3v) is 5.57. The molecule has 0 aliphatic rings. The van der Waals surface area contributed by atoms with Crippen LogP contribution in [0.5, 0.6) is 5.75 Å². The highest BCUT2D eigenvalue weighted by molar-refractivity contribution is 9.10. The second-order valence-electron chi connectivity index (χ2n) is 6.90. The largest absolute Gasteiger partial charge is 0.488 e. The monoisotopic (exact) mass is 547 g/mol. The lowest BCUT2D eigenvalue weighted by atomic mass is 10.1. The van der Waals surface area contributed by atoms with Crippen molar-refractivity contribution in [2.45, 2.75) is 13.0 Å². The van der Waals surface area contributed by atoms with Gasteiger partial charge in [0.2, 0.25) is 0 Å². The summed E-state index contributed by atoms with van der Waals surface area (Å²) in [6.45, 7) is 0.561. The molecule has 0 bridgehead atoms. The third-order valence-electron chi connectivity index (χ3n) is 4.49. The molecule has 3 aromatic rings. The molecule has 170 valence electrons. The van der Waals surface area contributed by atoms with Crippen LogP contribution in [0.1, 0.15) is 16.7 Å². The minimum absolute atomic E-state index is 0.217. The lowest BCUT2D eigenvalue weighted by molar-refractivity contribution is -0.139. The summed E-state index contributed by atoms with van der Waals surface area (Å²) < 4.78 is 6.66. The molecule has 0 spiro atoms. The number of nitrogens with zero attached hydrogens (tertiary/aromatic N) is 1. The first-order valence-electron chi connectivity index (χ1n) is 9.94. The minimum atomic E-state index is -0.857. The molecule has 3 rings (SSSR count). The van der Waals surface area contributed by atoms with Gasteiger partial charge in [-0.3, -0.25) is 9.59 Å². The number of carbonyl (C=O) groups excluding carboxylic acids is 2. The molecule has 0 aliphatic heterocycles. The summed E-state index contributed by atoms with van der Waals surface area (Å²) in [6, 6.07) is 20.2. The van der Waals surface area contributed by atoms with Crippen molar-refractivity contribution >= 4 is 57.2 Å². The Morgan fingerprint density at radius 2 is 1.79 bits per heavy atom. The highest BCUT2D eigenvalue weighted by Gasteiger charge is 2.12. The molecule has 3 aromatic carbocycles. The quantitative estimate of drug-likeness (QED) is 0.232. The molecule has 9 heteroatoms. The Labute approximate surface area is 210 Å². The first-order chi connectivity index (χ1) is 15.9. The number of nitrogens with one attached hydrogen (secondary N) is 2. The van der Waals surface area contributed by atoms with Crippen LogP contribution in [0.4, 0.5) is 0 Å². The van der Waals surface area contributed by atoms with Gasteiger partial charge in [0.05, 0.1) is 6.21 Å². The fourth-order valence-corrected chi connectivity index (χ4v) is 3.64. The zero-order valence-electron chi connectivity index (χ0n) is 17.4. The maximum absolute atomic E-state index is 12.0. The van der Waals surface area contributed by atoms with Gasteiger partial charge in [-0.05, 0) is 42.3 Å². The molecule has 0 saturated heterocycles. The van der Waals surface area contributed by atoms with Crippen molar-refractivity contribution in [1.29, 1.82) is 0 Å². The van der Waals surface area contributed by atoms with Crippen LogP contribution in [0, 0.1) is 0 Å². The smallest absolute Gasteiger partial charge is 0.329 e. The first-order valence-corrected chi connectivity index (χ1v) is 11.5. The number of ether oxygens (including phenoxy) is 1. The van der Waals surface area contributed by atoms with Crippen molar-refractivity contribution < 1.29 is 14.3 Å². The van der Waals surface area contributed by atoms with Crippen molar-refractivity contribution in [2.24, 2.45) is 5.10 Å². The lowest BCUT2D eigenvalue weighted by Crippen LogP contribution is -2.38. The average Bonchev–Trinajstić information content (AvgIpc) is 2.80. The van der Waals surface area contributed by atoms with E-state index in [9.17, 15) is 9.59 Å². The van der Waals surface area contributed by atoms with Crippen LogP contribution in [0.2, 0.25) is 10.0 Å². The molecule has 33 heavy (non-hydrogen) atoms. The van der Waals surface area contributed by atoms with Gasteiger partial charge in [-0.2, -0.15) is 5.10 Å². The Balaban J connectivity index is 1.54. The first kappa shape index (κ1) is 24.8. The summed E-state index contributed by atoms with van der Waals surface area (Å²) in [4.78, 5) is 24.0. The van der Waals surface area contributed by atoms with Crippen LogP contribution in [-0.2, 0) is 22.6 Å². The van der Waals surface area contributed by atoms with Gasteiger partial charge in [0.1, 0.15) is 12.4 Å². The number of rotatable bonds is 8. The van der Waals surface area contributed by atoms with Crippen LogP contribution >= 0.6 is 39.1 Å². The number of halogens is 3. The molecule has 0 aromatic heterocycles. The maximum atomic E-state index is 12.0. The molecule has 0 radical (unpaired) electrons. The van der Waals surface area contributed by atoms with Crippen molar-refractivity contribution in [2.75, 3.05) is 6.54 Å². The van der Waals surface area contributed by atoms with Gasteiger partial charge in [-0.25, -0.2) is 5.43 Å². The van der Waals surface area contributed by atoms with Gasteiger partial charge in [0.25, 0.3) is 0 Å². The summed E-state index contributed by atoms with van der Waals surface area (Å²) in [6.07, 6.45) is 2.03. The molecule has 2 amide bonds. The zero-order chi connectivity index (χ0) is 23.6. The summed E-state index contributed by atoms with van der Waals surface area (Å²) in [5.74, 6) is -1.09. The standard InChI is InChI=1S/C24H20BrCl2N3O3/c25-19-7-9-22(33-15-17-6-8-20(26)13-21(17)27)18(12-19)14-29-30-24(32)23(31)28-11-10-16-4-2-1-3-5-16/h1-9,12-14H,10-11,15H2,(H,28,31)(H,30,32)/b29-14-. The summed E-state index contributed by atoms with van der Waals surface area (Å²) in [7, 11) is 0. The van der Waals surface area contributed by atoms with Gasteiger partial charge in [-0.1, -0.05) is 75.5 Å². The molecule has 0 aliphatic carbocycles. The van der Waals surface area contributed by atoms with Gasteiger partial charge < -0.3 is 10.1 Å². The highest BCUT2D eigenvalue weighted by atomic mass is 79.9. The molecular weight excluding hydrogens is 529 g/mol. The van der Waals surface area contributed by atoms with E-state index in [1.54, 1.807) is 30.3 Å². The number of amides is 2. The van der Waals surface area contributed by atoms with Gasteiger partial charge in [-0.15, -0.1) is 0 Å². The highest BCUT2D eigenvalue weighted by Crippen LogP contribution is 2.25. The van der Waals surface area contributed by atoms with Gasteiger partial charge >= 0.3 is 11.8 Å². The maximum Gasteiger partial charge on any atom is 0.329 e. The van der Waals surface area contributed by atoms with Crippen LogP contribution in [0.25, 0.3) is 0 Å². The van der Waals surface area contributed by atoms with Crippen LogP contribution in [0.15, 0.2) is 76.3 Å². The molecule has 0 heterocycles. The number of benzene rings is 3. The second kappa shape index (κ2) is 12.4. The number of hydrogen-bond donors (Lipinski definition) is 2. The van der Waals surface area contributed by atoms with E-state index in [1.165, 1.54) is 6.21 Å². The second-order valence-corrected chi connectivity index (χ2v) is 8.66. The number of hydrazone groups is 1. The Kier molecular flexibility index (Phi) is 9.30. The molecule has 0 fully saturated rings. The van der Waals surface area contributed by atoms with E-state index in [0.717, 1.165) is 15.6 Å².